The summed E-state index contributed by atoms with van der Waals surface area (Å²) in [5.74, 6) is 0.766. The van der Waals surface area contributed by atoms with Crippen molar-refractivity contribution in [3.8, 4) is 11.1 Å². The zero-order chi connectivity index (χ0) is 22.5. The van der Waals surface area contributed by atoms with E-state index in [-0.39, 0.29) is 11.7 Å². The van der Waals surface area contributed by atoms with Gasteiger partial charge in [-0.05, 0) is 36.5 Å². The molecule has 2 heterocycles. The molecule has 0 aliphatic heterocycles. The molecule has 4 rings (SSSR count). The predicted molar refractivity (Wildman–Crippen MR) is 124 cm³/mol. The Hall–Kier alpha value is -3.61. The van der Waals surface area contributed by atoms with E-state index in [2.05, 4.69) is 46.6 Å². The van der Waals surface area contributed by atoms with Crippen LogP contribution in [0.1, 0.15) is 54.1 Å². The van der Waals surface area contributed by atoms with E-state index in [4.69, 9.17) is 10.5 Å². The van der Waals surface area contributed by atoms with Crippen LogP contribution in [-0.4, -0.2) is 20.7 Å². The van der Waals surface area contributed by atoms with Crippen molar-refractivity contribution in [2.45, 2.75) is 45.6 Å². The van der Waals surface area contributed by atoms with Crippen LogP contribution < -0.4 is 11.1 Å². The van der Waals surface area contributed by atoms with Crippen LogP contribution >= 0.6 is 0 Å². The van der Waals surface area contributed by atoms with Crippen molar-refractivity contribution in [2.75, 3.05) is 5.73 Å². The lowest BCUT2D eigenvalue weighted by atomic mass is 10.1. The van der Waals surface area contributed by atoms with Gasteiger partial charge >= 0.3 is 0 Å². The number of benzene rings is 1. The molecule has 0 atom stereocenters. The van der Waals surface area contributed by atoms with Gasteiger partial charge < -0.3 is 15.8 Å². The Bertz CT molecular complexity index is 1150. The van der Waals surface area contributed by atoms with Gasteiger partial charge in [-0.3, -0.25) is 9.48 Å². The summed E-state index contributed by atoms with van der Waals surface area (Å²) < 4.78 is 7.81. The Balaban J connectivity index is 1.47. The zero-order valence-corrected chi connectivity index (χ0v) is 18.6. The number of amides is 1. The third-order valence-corrected chi connectivity index (χ3v) is 5.58. The summed E-state index contributed by atoms with van der Waals surface area (Å²) in [6.45, 7) is 2.67. The van der Waals surface area contributed by atoms with Gasteiger partial charge in [-0.25, -0.2) is 4.98 Å². The van der Waals surface area contributed by atoms with Gasteiger partial charge in [0.25, 0.3) is 5.91 Å². The first kappa shape index (κ1) is 21.6. The first-order valence-electron chi connectivity index (χ1n) is 11.0. The van der Waals surface area contributed by atoms with Crippen molar-refractivity contribution in [1.29, 1.82) is 0 Å². The normalized spacial score (nSPS) is 13.4. The van der Waals surface area contributed by atoms with Crippen LogP contribution in [0.15, 0.2) is 60.4 Å². The molecule has 166 valence electrons. The summed E-state index contributed by atoms with van der Waals surface area (Å²) in [4.78, 5) is 17.2. The summed E-state index contributed by atoms with van der Waals surface area (Å²) in [6.07, 6.45) is 9.96. The van der Waals surface area contributed by atoms with Crippen LogP contribution in [0.5, 0.6) is 0 Å². The number of pyridine rings is 1. The number of aromatic nitrogens is 3. The molecular formula is C25H29N5O2. The number of hydrogen-bond acceptors (Lipinski definition) is 5. The molecule has 0 bridgehead atoms. The molecule has 1 amide bonds. The molecule has 2 aromatic heterocycles. The number of nitrogens with two attached hydrogens (primary N) is 1. The molecule has 0 fully saturated rings. The number of aryl methyl sites for hydroxylation is 2. The molecule has 1 aliphatic carbocycles. The number of carbonyl (C=O) groups excluding carboxylic acids is 1. The van der Waals surface area contributed by atoms with Crippen LogP contribution in [0.2, 0.25) is 0 Å². The predicted octanol–water partition coefficient (Wildman–Crippen LogP) is 4.36. The number of carbonyl (C=O) groups is 1. The van der Waals surface area contributed by atoms with E-state index in [1.54, 1.807) is 23.1 Å². The second-order valence-electron chi connectivity index (χ2n) is 8.13. The Morgan fingerprint density at radius 3 is 2.81 bits per heavy atom. The fourth-order valence-corrected chi connectivity index (χ4v) is 3.93. The van der Waals surface area contributed by atoms with E-state index in [9.17, 15) is 4.79 Å². The molecule has 0 unspecified atom stereocenters. The minimum absolute atomic E-state index is 0.198. The number of anilines is 1. The Kier molecular flexibility index (Phi) is 6.54. The Labute approximate surface area is 188 Å². The lowest BCUT2D eigenvalue weighted by molar-refractivity contribution is 0.0961. The van der Waals surface area contributed by atoms with Crippen LogP contribution in [-0.2, 0) is 24.8 Å². The number of hydrogen-bond donors (Lipinski definition) is 2. The minimum atomic E-state index is -0.274. The second kappa shape index (κ2) is 9.68. The molecule has 3 N–H and O–H groups in total. The lowest BCUT2D eigenvalue weighted by Gasteiger charge is -2.13. The van der Waals surface area contributed by atoms with E-state index >= 15 is 0 Å². The molecule has 0 saturated carbocycles. The van der Waals surface area contributed by atoms with Crippen molar-refractivity contribution in [2.24, 2.45) is 7.05 Å². The van der Waals surface area contributed by atoms with Gasteiger partial charge in [0.05, 0.1) is 17.5 Å². The Morgan fingerprint density at radius 2 is 2.03 bits per heavy atom. The highest BCUT2D eigenvalue weighted by Crippen LogP contribution is 2.27. The highest BCUT2D eigenvalue weighted by molar-refractivity contribution is 6.00. The monoisotopic (exact) mass is 431 g/mol. The largest absolute Gasteiger partial charge is 0.491 e. The third-order valence-electron chi connectivity index (χ3n) is 5.58. The molecule has 7 nitrogen and oxygen atoms in total. The van der Waals surface area contributed by atoms with Crippen LogP contribution in [0, 0.1) is 0 Å². The number of ether oxygens (including phenoxy) is 1. The zero-order valence-electron chi connectivity index (χ0n) is 18.6. The molecule has 32 heavy (non-hydrogen) atoms. The number of nitrogen functional groups attached to an aromatic ring is 1. The summed E-state index contributed by atoms with van der Waals surface area (Å²) in [5.41, 5.74) is 11.3. The smallest absolute Gasteiger partial charge is 0.259 e. The Morgan fingerprint density at radius 1 is 1.19 bits per heavy atom. The van der Waals surface area contributed by atoms with E-state index in [1.165, 1.54) is 5.56 Å². The van der Waals surface area contributed by atoms with Crippen molar-refractivity contribution < 1.29 is 9.53 Å². The standard InChI is InChI=1S/C25H29N5O2/c1-3-6-17-7-4-8-18(11-17)16-32-23-10-5-9-22(23)29-25(31)21-12-19(13-27-24(21)26)20-14-28-30(2)15-20/h4,7-8,11-15H,3,5-6,9-10,16H2,1-2H3,(H2,26,27)(H,29,31). The van der Waals surface area contributed by atoms with Gasteiger partial charge in [0.15, 0.2) is 0 Å². The van der Waals surface area contributed by atoms with Gasteiger partial charge in [-0.1, -0.05) is 37.6 Å². The van der Waals surface area contributed by atoms with Crippen LogP contribution in [0.25, 0.3) is 11.1 Å². The number of nitrogens with zero attached hydrogens (tertiary/aromatic N) is 3. The first-order valence-corrected chi connectivity index (χ1v) is 11.0. The fourth-order valence-electron chi connectivity index (χ4n) is 3.93. The van der Waals surface area contributed by atoms with Gasteiger partial charge in [-0.2, -0.15) is 5.10 Å². The van der Waals surface area contributed by atoms with Gasteiger partial charge in [0.1, 0.15) is 18.2 Å². The number of rotatable bonds is 8. The summed E-state index contributed by atoms with van der Waals surface area (Å²) in [5, 5.41) is 7.19. The quantitative estimate of drug-likeness (QED) is 0.553. The van der Waals surface area contributed by atoms with E-state index in [1.807, 2.05) is 13.2 Å². The maximum absolute atomic E-state index is 13.0. The summed E-state index contributed by atoms with van der Waals surface area (Å²) in [6, 6.07) is 10.2. The van der Waals surface area contributed by atoms with E-state index in [0.717, 1.165) is 60.3 Å². The lowest BCUT2D eigenvalue weighted by Crippen LogP contribution is -2.24. The van der Waals surface area contributed by atoms with Crippen LogP contribution in [0.4, 0.5) is 5.82 Å². The molecule has 0 radical (unpaired) electrons. The maximum atomic E-state index is 13.0. The molecule has 3 aromatic rings. The fraction of sp³-hybridized carbons (Fsp3) is 0.320. The van der Waals surface area contributed by atoms with Crippen molar-refractivity contribution in [3.05, 3.63) is 77.1 Å². The van der Waals surface area contributed by atoms with Crippen molar-refractivity contribution in [1.82, 2.24) is 20.1 Å². The third kappa shape index (κ3) is 4.99. The van der Waals surface area contributed by atoms with E-state index in [0.29, 0.717) is 12.2 Å². The molecule has 0 spiro atoms. The average Bonchev–Trinajstić information content (AvgIpc) is 3.42. The molecule has 1 aliphatic rings. The molecular weight excluding hydrogens is 402 g/mol. The number of nitrogens with one attached hydrogen (secondary N) is 1. The van der Waals surface area contributed by atoms with Crippen molar-refractivity contribution in [3.63, 3.8) is 0 Å². The average molecular weight is 432 g/mol. The molecule has 0 saturated heterocycles. The molecule has 1 aromatic carbocycles. The van der Waals surface area contributed by atoms with Gasteiger partial charge in [-0.15, -0.1) is 0 Å². The SMILES string of the molecule is CCCc1cccc(COC2=C(NC(=O)c3cc(-c4cnn(C)c4)cnc3N)CCC2)c1. The van der Waals surface area contributed by atoms with Gasteiger partial charge in [0, 0.05) is 37.0 Å². The number of allylic oxidation sites excluding steroid dienone is 2. The highest BCUT2D eigenvalue weighted by Gasteiger charge is 2.21. The van der Waals surface area contributed by atoms with Crippen LogP contribution in [0.3, 0.4) is 0 Å². The summed E-state index contributed by atoms with van der Waals surface area (Å²) in [7, 11) is 1.84. The second-order valence-corrected chi connectivity index (χ2v) is 8.13. The first-order chi connectivity index (χ1) is 15.5. The maximum Gasteiger partial charge on any atom is 0.259 e. The minimum Gasteiger partial charge on any atom is -0.491 e. The topological polar surface area (TPSA) is 95.1 Å². The van der Waals surface area contributed by atoms with Gasteiger partial charge in [0.2, 0.25) is 0 Å². The summed E-state index contributed by atoms with van der Waals surface area (Å²) >= 11 is 0. The highest BCUT2D eigenvalue weighted by atomic mass is 16.5. The molecule has 7 heteroatoms. The van der Waals surface area contributed by atoms with Crippen molar-refractivity contribution >= 4 is 11.7 Å². The van der Waals surface area contributed by atoms with E-state index < -0.39 is 0 Å².